The van der Waals surface area contributed by atoms with Crippen LogP contribution in [0.1, 0.15) is 45.6 Å². The van der Waals surface area contributed by atoms with Crippen molar-refractivity contribution in [1.29, 1.82) is 5.41 Å². The summed E-state index contributed by atoms with van der Waals surface area (Å²) in [5.41, 5.74) is 6.68. The van der Waals surface area contributed by atoms with Crippen LogP contribution in [0, 0.1) is 10.8 Å². The zero-order valence-corrected chi connectivity index (χ0v) is 12.3. The predicted molar refractivity (Wildman–Crippen MR) is 80.9 cm³/mol. The zero-order valence-electron chi connectivity index (χ0n) is 12.3. The Morgan fingerprint density at radius 1 is 1.26 bits per heavy atom. The van der Waals surface area contributed by atoms with E-state index in [0.29, 0.717) is 6.61 Å². The van der Waals surface area contributed by atoms with E-state index in [1.807, 2.05) is 26.0 Å². The molecule has 0 unspecified atom stereocenters. The van der Waals surface area contributed by atoms with Crippen molar-refractivity contribution >= 4 is 5.84 Å². The van der Waals surface area contributed by atoms with E-state index in [4.69, 9.17) is 15.9 Å². The van der Waals surface area contributed by atoms with Crippen LogP contribution in [0.15, 0.2) is 24.3 Å². The number of ether oxygens (including phenoxy) is 1. The highest BCUT2D eigenvalue weighted by Gasteiger charge is 2.20. The van der Waals surface area contributed by atoms with E-state index in [0.717, 1.165) is 25.0 Å². The summed E-state index contributed by atoms with van der Waals surface area (Å²) in [7, 11) is 0. The van der Waals surface area contributed by atoms with Crippen LogP contribution in [0.5, 0.6) is 5.75 Å². The lowest BCUT2D eigenvalue weighted by atomic mass is 9.87. The van der Waals surface area contributed by atoms with Gasteiger partial charge in [0.05, 0.1) is 12.4 Å². The van der Waals surface area contributed by atoms with E-state index >= 15 is 0 Å². The van der Waals surface area contributed by atoms with Crippen molar-refractivity contribution in [1.82, 2.24) is 0 Å². The number of benzene rings is 1. The van der Waals surface area contributed by atoms with Gasteiger partial charge in [-0.05, 0) is 37.0 Å². The highest BCUT2D eigenvalue weighted by atomic mass is 16.5. The van der Waals surface area contributed by atoms with Crippen molar-refractivity contribution in [3.05, 3.63) is 29.8 Å². The van der Waals surface area contributed by atoms with E-state index in [1.165, 1.54) is 12.0 Å². The number of rotatable bonds is 8. The Morgan fingerprint density at radius 3 is 2.42 bits per heavy atom. The molecule has 3 nitrogen and oxygen atoms in total. The first-order valence-electron chi connectivity index (χ1n) is 7.02. The number of hydrogen-bond acceptors (Lipinski definition) is 2. The molecule has 0 amide bonds. The summed E-state index contributed by atoms with van der Waals surface area (Å²) < 4.78 is 5.70. The van der Waals surface area contributed by atoms with Crippen molar-refractivity contribution in [3.63, 3.8) is 0 Å². The monoisotopic (exact) mass is 262 g/mol. The van der Waals surface area contributed by atoms with Gasteiger partial charge >= 0.3 is 0 Å². The van der Waals surface area contributed by atoms with Crippen LogP contribution in [0.2, 0.25) is 0 Å². The molecule has 19 heavy (non-hydrogen) atoms. The molecule has 0 fully saturated rings. The van der Waals surface area contributed by atoms with Gasteiger partial charge in [-0.15, -0.1) is 0 Å². The largest absolute Gasteiger partial charge is 0.494 e. The van der Waals surface area contributed by atoms with Crippen LogP contribution in [-0.2, 0) is 6.42 Å². The van der Waals surface area contributed by atoms with Crippen molar-refractivity contribution < 1.29 is 4.74 Å². The molecule has 0 saturated carbocycles. The Kier molecular flexibility index (Phi) is 5.87. The maximum atomic E-state index is 7.50. The molecular weight excluding hydrogens is 236 g/mol. The van der Waals surface area contributed by atoms with E-state index in [1.54, 1.807) is 0 Å². The van der Waals surface area contributed by atoms with Crippen LogP contribution in [0.4, 0.5) is 0 Å². The number of hydrogen-bond donors (Lipinski definition) is 2. The van der Waals surface area contributed by atoms with Gasteiger partial charge in [0.15, 0.2) is 0 Å². The molecule has 0 spiro atoms. The topological polar surface area (TPSA) is 59.1 Å². The highest BCUT2D eigenvalue weighted by molar-refractivity contribution is 5.82. The zero-order chi connectivity index (χ0) is 14.3. The third kappa shape index (κ3) is 5.33. The van der Waals surface area contributed by atoms with Crippen LogP contribution < -0.4 is 10.5 Å². The van der Waals surface area contributed by atoms with Crippen molar-refractivity contribution in [3.8, 4) is 5.75 Å². The first-order chi connectivity index (χ1) is 8.95. The molecule has 3 N–H and O–H groups in total. The molecule has 1 rings (SSSR count). The summed E-state index contributed by atoms with van der Waals surface area (Å²) in [6.45, 7) is 6.84. The second-order valence-corrected chi connectivity index (χ2v) is 5.64. The summed E-state index contributed by atoms with van der Waals surface area (Å²) in [6, 6.07) is 8.30. The lowest BCUT2D eigenvalue weighted by Crippen LogP contribution is -2.31. The summed E-state index contributed by atoms with van der Waals surface area (Å²) in [5.74, 6) is 1.16. The average molecular weight is 262 g/mol. The van der Waals surface area contributed by atoms with Crippen molar-refractivity contribution in [2.75, 3.05) is 6.61 Å². The van der Waals surface area contributed by atoms with Gasteiger partial charge in [0, 0.05) is 5.41 Å². The smallest absolute Gasteiger partial charge is 0.119 e. The molecule has 0 radical (unpaired) electrons. The number of amidine groups is 1. The molecule has 1 aromatic rings. The molecule has 0 aromatic heterocycles. The Morgan fingerprint density at radius 2 is 1.89 bits per heavy atom. The van der Waals surface area contributed by atoms with E-state index in [-0.39, 0.29) is 11.3 Å². The minimum atomic E-state index is -0.228. The maximum Gasteiger partial charge on any atom is 0.119 e. The third-order valence-electron chi connectivity index (χ3n) is 3.41. The summed E-state index contributed by atoms with van der Waals surface area (Å²) in [6.07, 6.45) is 4.06. The number of nitrogens with one attached hydrogen (secondary N) is 1. The van der Waals surface area contributed by atoms with Crippen molar-refractivity contribution in [2.24, 2.45) is 11.1 Å². The molecule has 106 valence electrons. The SMILES string of the molecule is CCCc1ccc(OCCCC(C)(C)C(=N)N)cc1. The molecule has 0 aliphatic rings. The Bertz CT molecular complexity index is 396. The second-order valence-electron chi connectivity index (χ2n) is 5.64. The highest BCUT2D eigenvalue weighted by Crippen LogP contribution is 2.22. The standard InChI is InChI=1S/C16H26N2O/c1-4-6-13-7-9-14(10-8-13)19-12-5-11-16(2,3)15(17)18/h7-10H,4-6,11-12H2,1-3H3,(H3,17,18). The molecule has 0 aliphatic carbocycles. The lowest BCUT2D eigenvalue weighted by molar-refractivity contribution is 0.287. The first kappa shape index (κ1) is 15.5. The fourth-order valence-corrected chi connectivity index (χ4v) is 1.88. The first-order valence-corrected chi connectivity index (χ1v) is 7.02. The molecule has 3 heteroatoms. The number of nitrogens with two attached hydrogens (primary N) is 1. The average Bonchev–Trinajstić information content (AvgIpc) is 2.37. The molecule has 0 aliphatic heterocycles. The van der Waals surface area contributed by atoms with Gasteiger partial charge in [-0.1, -0.05) is 39.3 Å². The Balaban J connectivity index is 2.31. The summed E-state index contributed by atoms with van der Waals surface area (Å²) in [5, 5.41) is 7.50. The normalized spacial score (nSPS) is 11.3. The molecule has 0 bridgehead atoms. The molecule has 0 heterocycles. The van der Waals surface area contributed by atoms with Gasteiger partial charge in [-0.2, -0.15) is 0 Å². The van der Waals surface area contributed by atoms with E-state index in [9.17, 15) is 0 Å². The molecule has 1 aromatic carbocycles. The van der Waals surface area contributed by atoms with E-state index < -0.39 is 0 Å². The minimum absolute atomic E-state index is 0.228. The van der Waals surface area contributed by atoms with E-state index in [2.05, 4.69) is 19.1 Å². The summed E-state index contributed by atoms with van der Waals surface area (Å²) in [4.78, 5) is 0. The lowest BCUT2D eigenvalue weighted by Gasteiger charge is -2.22. The molecule has 0 saturated heterocycles. The van der Waals surface area contributed by atoms with Gasteiger partial charge in [-0.25, -0.2) is 0 Å². The van der Waals surface area contributed by atoms with Crippen LogP contribution in [-0.4, -0.2) is 12.4 Å². The van der Waals surface area contributed by atoms with Gasteiger partial charge in [-0.3, -0.25) is 5.41 Å². The predicted octanol–water partition coefficient (Wildman–Crippen LogP) is 3.76. The third-order valence-corrected chi connectivity index (χ3v) is 3.41. The number of aryl methyl sites for hydroxylation is 1. The maximum absolute atomic E-state index is 7.50. The van der Waals surface area contributed by atoms with Crippen LogP contribution in [0.25, 0.3) is 0 Å². The molecular formula is C16H26N2O. The van der Waals surface area contributed by atoms with Crippen LogP contribution >= 0.6 is 0 Å². The van der Waals surface area contributed by atoms with Gasteiger partial charge in [0.2, 0.25) is 0 Å². The fraction of sp³-hybridized carbons (Fsp3) is 0.562. The van der Waals surface area contributed by atoms with Crippen molar-refractivity contribution in [2.45, 2.75) is 46.5 Å². The van der Waals surface area contributed by atoms with Gasteiger partial charge < -0.3 is 10.5 Å². The quantitative estimate of drug-likeness (QED) is 0.426. The Labute approximate surface area is 116 Å². The Hall–Kier alpha value is -1.51. The fourth-order valence-electron chi connectivity index (χ4n) is 1.88. The summed E-state index contributed by atoms with van der Waals surface area (Å²) >= 11 is 0. The van der Waals surface area contributed by atoms with Crippen LogP contribution in [0.3, 0.4) is 0 Å². The molecule has 0 atom stereocenters. The second kappa shape index (κ2) is 7.17. The minimum Gasteiger partial charge on any atom is -0.494 e. The van der Waals surface area contributed by atoms with Gasteiger partial charge in [0.25, 0.3) is 0 Å². The van der Waals surface area contributed by atoms with Gasteiger partial charge in [0.1, 0.15) is 5.75 Å².